The first-order valence-corrected chi connectivity index (χ1v) is 5.27. The lowest BCUT2D eigenvalue weighted by molar-refractivity contribution is 0.657. The van der Waals surface area contributed by atoms with Gasteiger partial charge < -0.3 is 5.32 Å². The lowest BCUT2D eigenvalue weighted by atomic mass is 10.1. The van der Waals surface area contributed by atoms with Crippen LogP contribution in [0.15, 0.2) is 17.8 Å². The van der Waals surface area contributed by atoms with Gasteiger partial charge in [0.1, 0.15) is 18.2 Å². The minimum atomic E-state index is 0.123. The maximum atomic E-state index is 4.16. The van der Waals surface area contributed by atoms with Crippen molar-refractivity contribution < 1.29 is 0 Å². The van der Waals surface area contributed by atoms with Crippen molar-refractivity contribution in [3.63, 3.8) is 0 Å². The Balaban J connectivity index is 2.36. The molecular formula is C9H12N4S. The fourth-order valence-corrected chi connectivity index (χ4v) is 2.46. The van der Waals surface area contributed by atoms with E-state index in [0.717, 1.165) is 5.82 Å². The third kappa shape index (κ3) is 1.56. The zero-order valence-electron chi connectivity index (χ0n) is 8.11. The van der Waals surface area contributed by atoms with E-state index in [1.54, 1.807) is 11.3 Å². The van der Waals surface area contributed by atoms with Gasteiger partial charge in [0, 0.05) is 4.88 Å². The number of rotatable bonds is 3. The van der Waals surface area contributed by atoms with Gasteiger partial charge >= 0.3 is 0 Å². The molecule has 0 aromatic carbocycles. The number of nitrogens with zero attached hydrogens (tertiary/aromatic N) is 2. The van der Waals surface area contributed by atoms with Crippen LogP contribution in [-0.4, -0.2) is 22.2 Å². The molecule has 0 spiro atoms. The summed E-state index contributed by atoms with van der Waals surface area (Å²) in [6.45, 7) is 2.10. The van der Waals surface area contributed by atoms with E-state index in [1.807, 2.05) is 7.05 Å². The van der Waals surface area contributed by atoms with Crippen LogP contribution in [0.25, 0.3) is 0 Å². The van der Waals surface area contributed by atoms with Gasteiger partial charge in [0.05, 0.1) is 0 Å². The first kappa shape index (κ1) is 9.36. The molecule has 0 aliphatic heterocycles. The highest BCUT2D eigenvalue weighted by molar-refractivity contribution is 7.10. The Hall–Kier alpha value is -1.20. The Kier molecular flexibility index (Phi) is 2.60. The fraction of sp³-hybridized carbons (Fsp3) is 0.333. The second kappa shape index (κ2) is 3.89. The molecule has 2 aromatic heterocycles. The molecule has 0 bridgehead atoms. The molecule has 2 aromatic rings. The Bertz CT molecular complexity index is 393. The Labute approximate surface area is 86.4 Å². The quantitative estimate of drug-likeness (QED) is 0.803. The van der Waals surface area contributed by atoms with E-state index in [0.29, 0.717) is 0 Å². The summed E-state index contributed by atoms with van der Waals surface area (Å²) >= 11 is 1.73. The van der Waals surface area contributed by atoms with Crippen LogP contribution in [0.1, 0.15) is 22.3 Å². The molecule has 74 valence electrons. The summed E-state index contributed by atoms with van der Waals surface area (Å²) in [5, 5.41) is 12.1. The number of aromatic nitrogens is 3. The summed E-state index contributed by atoms with van der Waals surface area (Å²) in [5.74, 6) is 0.859. The number of H-pyrrole nitrogens is 1. The summed E-state index contributed by atoms with van der Waals surface area (Å²) < 4.78 is 0. The lowest BCUT2D eigenvalue weighted by Gasteiger charge is -2.12. The van der Waals surface area contributed by atoms with Gasteiger partial charge in [-0.3, -0.25) is 5.10 Å². The standard InChI is InChI=1S/C9H12N4S/c1-6-3-4-14-8(6)7(10-2)9-11-5-12-13-9/h3-5,7,10H,1-2H3,(H,11,12,13). The molecule has 0 aliphatic carbocycles. The first-order chi connectivity index (χ1) is 6.83. The van der Waals surface area contributed by atoms with Crippen LogP contribution < -0.4 is 5.32 Å². The number of hydrogen-bond donors (Lipinski definition) is 2. The van der Waals surface area contributed by atoms with Crippen LogP contribution in [0.2, 0.25) is 0 Å². The van der Waals surface area contributed by atoms with Crippen molar-refractivity contribution in [3.05, 3.63) is 34.0 Å². The van der Waals surface area contributed by atoms with Crippen LogP contribution in [0.4, 0.5) is 0 Å². The molecule has 2 N–H and O–H groups in total. The molecular weight excluding hydrogens is 196 g/mol. The number of thiophene rings is 1. The van der Waals surface area contributed by atoms with Gasteiger partial charge in [0.25, 0.3) is 0 Å². The fourth-order valence-electron chi connectivity index (χ4n) is 1.43. The van der Waals surface area contributed by atoms with E-state index in [4.69, 9.17) is 0 Å². The topological polar surface area (TPSA) is 53.6 Å². The van der Waals surface area contributed by atoms with Crippen LogP contribution in [0.3, 0.4) is 0 Å². The molecule has 2 heterocycles. The zero-order chi connectivity index (χ0) is 9.97. The zero-order valence-corrected chi connectivity index (χ0v) is 8.93. The number of aromatic amines is 1. The molecule has 4 nitrogen and oxygen atoms in total. The van der Waals surface area contributed by atoms with Gasteiger partial charge in [-0.05, 0) is 31.0 Å². The minimum Gasteiger partial charge on any atom is -0.306 e. The SMILES string of the molecule is CNC(c1ncn[nH]1)c1sccc1C. The van der Waals surface area contributed by atoms with Crippen molar-refractivity contribution >= 4 is 11.3 Å². The van der Waals surface area contributed by atoms with Crippen molar-refractivity contribution in [2.24, 2.45) is 0 Å². The molecule has 1 unspecified atom stereocenters. The number of hydrogen-bond acceptors (Lipinski definition) is 4. The molecule has 0 saturated heterocycles. The maximum absolute atomic E-state index is 4.16. The summed E-state index contributed by atoms with van der Waals surface area (Å²) in [6.07, 6.45) is 1.53. The van der Waals surface area contributed by atoms with Gasteiger partial charge in [-0.15, -0.1) is 11.3 Å². The normalized spacial score (nSPS) is 13.0. The molecule has 0 aliphatic rings. The second-order valence-electron chi connectivity index (χ2n) is 3.06. The summed E-state index contributed by atoms with van der Waals surface area (Å²) in [5.41, 5.74) is 1.28. The molecule has 2 rings (SSSR count). The van der Waals surface area contributed by atoms with E-state index in [9.17, 15) is 0 Å². The number of nitrogens with one attached hydrogen (secondary N) is 2. The van der Waals surface area contributed by atoms with Crippen molar-refractivity contribution in [1.29, 1.82) is 0 Å². The van der Waals surface area contributed by atoms with E-state index in [2.05, 4.69) is 38.9 Å². The third-order valence-electron chi connectivity index (χ3n) is 2.16. The molecule has 0 saturated carbocycles. The van der Waals surface area contributed by atoms with Crippen molar-refractivity contribution in [2.75, 3.05) is 7.05 Å². The van der Waals surface area contributed by atoms with E-state index in [-0.39, 0.29) is 6.04 Å². The highest BCUT2D eigenvalue weighted by Gasteiger charge is 2.17. The predicted molar refractivity (Wildman–Crippen MR) is 56.3 cm³/mol. The molecule has 0 amide bonds. The molecule has 1 atom stereocenters. The Morgan fingerprint density at radius 1 is 1.57 bits per heavy atom. The minimum absolute atomic E-state index is 0.123. The molecule has 0 radical (unpaired) electrons. The summed E-state index contributed by atoms with van der Waals surface area (Å²) in [4.78, 5) is 5.44. The lowest BCUT2D eigenvalue weighted by Crippen LogP contribution is -2.18. The molecule has 5 heteroatoms. The van der Waals surface area contributed by atoms with Crippen molar-refractivity contribution in [1.82, 2.24) is 20.5 Å². The van der Waals surface area contributed by atoms with Gasteiger partial charge in [0.15, 0.2) is 0 Å². The van der Waals surface area contributed by atoms with Gasteiger partial charge in [-0.2, -0.15) is 5.10 Å². The van der Waals surface area contributed by atoms with Gasteiger partial charge in [-0.25, -0.2) is 4.98 Å². The highest BCUT2D eigenvalue weighted by atomic mass is 32.1. The van der Waals surface area contributed by atoms with E-state index < -0.39 is 0 Å². The van der Waals surface area contributed by atoms with Crippen LogP contribution in [-0.2, 0) is 0 Å². The molecule has 14 heavy (non-hydrogen) atoms. The smallest absolute Gasteiger partial charge is 0.146 e. The van der Waals surface area contributed by atoms with Crippen LogP contribution in [0, 0.1) is 6.92 Å². The van der Waals surface area contributed by atoms with Crippen molar-refractivity contribution in [2.45, 2.75) is 13.0 Å². The summed E-state index contributed by atoms with van der Waals surface area (Å²) in [6, 6.07) is 2.23. The second-order valence-corrected chi connectivity index (χ2v) is 4.01. The van der Waals surface area contributed by atoms with E-state index >= 15 is 0 Å². The monoisotopic (exact) mass is 208 g/mol. The molecule has 0 fully saturated rings. The first-order valence-electron chi connectivity index (χ1n) is 4.39. The average molecular weight is 208 g/mol. The van der Waals surface area contributed by atoms with Gasteiger partial charge in [-0.1, -0.05) is 0 Å². The van der Waals surface area contributed by atoms with Crippen LogP contribution in [0.5, 0.6) is 0 Å². The van der Waals surface area contributed by atoms with Gasteiger partial charge in [0.2, 0.25) is 0 Å². The maximum Gasteiger partial charge on any atom is 0.146 e. The van der Waals surface area contributed by atoms with Crippen molar-refractivity contribution in [3.8, 4) is 0 Å². The highest BCUT2D eigenvalue weighted by Crippen LogP contribution is 2.26. The largest absolute Gasteiger partial charge is 0.306 e. The van der Waals surface area contributed by atoms with E-state index in [1.165, 1.54) is 16.8 Å². The van der Waals surface area contributed by atoms with Crippen LogP contribution >= 0.6 is 11.3 Å². The Morgan fingerprint density at radius 3 is 2.93 bits per heavy atom. The third-order valence-corrected chi connectivity index (χ3v) is 3.24. The average Bonchev–Trinajstić information content (AvgIpc) is 2.80. The number of aryl methyl sites for hydroxylation is 1. The Morgan fingerprint density at radius 2 is 2.43 bits per heavy atom. The predicted octanol–water partition coefficient (Wildman–Crippen LogP) is 1.48. The summed E-state index contributed by atoms with van der Waals surface area (Å²) in [7, 11) is 1.92.